The first-order valence-electron chi connectivity index (χ1n) is 13.8. The fourth-order valence-electron chi connectivity index (χ4n) is 5.62. The Kier molecular flexibility index (Phi) is 9.74. The molecule has 2 aliphatic rings. The van der Waals surface area contributed by atoms with E-state index in [1.54, 1.807) is 53.4 Å². The number of benzene rings is 2. The number of amidine groups is 1. The molecule has 1 heterocycles. The first kappa shape index (κ1) is 28.8. The van der Waals surface area contributed by atoms with Gasteiger partial charge in [0.25, 0.3) is 0 Å². The number of rotatable bonds is 11. The molecule has 210 valence electrons. The summed E-state index contributed by atoms with van der Waals surface area (Å²) in [6.07, 6.45) is 6.97. The number of nitrogen functional groups attached to an aromatic ring is 1. The lowest BCUT2D eigenvalue weighted by Gasteiger charge is -2.31. The second-order valence-electron chi connectivity index (χ2n) is 10.7. The third-order valence-corrected chi connectivity index (χ3v) is 9.04. The van der Waals surface area contributed by atoms with Gasteiger partial charge >= 0.3 is 0 Å². The Morgan fingerprint density at radius 3 is 2.31 bits per heavy atom. The fraction of sp³-hybridized carbons (Fsp3) is 0.483. The molecule has 2 amide bonds. The van der Waals surface area contributed by atoms with Crippen LogP contribution in [0.25, 0.3) is 0 Å². The van der Waals surface area contributed by atoms with Gasteiger partial charge in [-0.15, -0.1) is 0 Å². The van der Waals surface area contributed by atoms with Crippen LogP contribution in [0.15, 0.2) is 54.6 Å². The molecule has 2 aromatic rings. The van der Waals surface area contributed by atoms with E-state index in [-0.39, 0.29) is 35.9 Å². The van der Waals surface area contributed by atoms with E-state index in [1.807, 2.05) is 6.07 Å². The van der Waals surface area contributed by atoms with Crippen LogP contribution in [0.1, 0.15) is 68.1 Å². The molecule has 9 nitrogen and oxygen atoms in total. The van der Waals surface area contributed by atoms with Gasteiger partial charge in [0, 0.05) is 18.7 Å². The maximum atomic E-state index is 13.8. The van der Waals surface area contributed by atoms with Gasteiger partial charge in [0.1, 0.15) is 17.9 Å². The van der Waals surface area contributed by atoms with E-state index >= 15 is 0 Å². The largest absolute Gasteiger partial charge is 0.384 e. The molecular formula is C29H39N5O4S. The zero-order valence-electron chi connectivity index (χ0n) is 22.3. The summed E-state index contributed by atoms with van der Waals surface area (Å²) in [5.41, 5.74) is 7.62. The van der Waals surface area contributed by atoms with Gasteiger partial charge in [-0.05, 0) is 36.3 Å². The first-order valence-corrected chi connectivity index (χ1v) is 15.4. The Hall–Kier alpha value is -3.24. The van der Waals surface area contributed by atoms with Crippen molar-refractivity contribution in [3.63, 3.8) is 0 Å². The zero-order valence-corrected chi connectivity index (χ0v) is 23.1. The number of nitrogens with zero attached hydrogens (tertiary/aromatic N) is 1. The molecule has 4 rings (SSSR count). The van der Waals surface area contributed by atoms with Crippen LogP contribution in [0.4, 0.5) is 0 Å². The zero-order chi connectivity index (χ0) is 27.8. The maximum Gasteiger partial charge on any atom is 0.243 e. The minimum atomic E-state index is -3.77. The lowest BCUT2D eigenvalue weighted by molar-refractivity contribution is -0.140. The molecule has 2 aromatic carbocycles. The summed E-state index contributed by atoms with van der Waals surface area (Å²) in [5, 5.41) is 10.4. The van der Waals surface area contributed by atoms with E-state index < -0.39 is 22.1 Å². The van der Waals surface area contributed by atoms with Gasteiger partial charge in [0.15, 0.2) is 0 Å². The number of nitrogens with two attached hydrogens (primary N) is 1. The number of nitrogens with one attached hydrogen (secondary N) is 3. The summed E-state index contributed by atoms with van der Waals surface area (Å²) in [4.78, 5) is 28.5. The Morgan fingerprint density at radius 1 is 0.949 bits per heavy atom. The number of sulfonamides is 1. The van der Waals surface area contributed by atoms with Gasteiger partial charge in [-0.25, -0.2) is 13.1 Å². The average Bonchev–Trinajstić information content (AvgIpc) is 3.42. The van der Waals surface area contributed by atoms with Gasteiger partial charge in [-0.2, -0.15) is 0 Å². The van der Waals surface area contributed by atoms with Crippen LogP contribution in [0.2, 0.25) is 0 Å². The highest BCUT2D eigenvalue weighted by molar-refractivity contribution is 7.88. The highest BCUT2D eigenvalue weighted by Gasteiger charge is 2.39. The van der Waals surface area contributed by atoms with Crippen molar-refractivity contribution in [2.24, 2.45) is 11.7 Å². The van der Waals surface area contributed by atoms with Crippen LogP contribution < -0.4 is 15.8 Å². The predicted molar refractivity (Wildman–Crippen MR) is 151 cm³/mol. The van der Waals surface area contributed by atoms with Gasteiger partial charge in [-0.1, -0.05) is 86.7 Å². The Bertz CT molecular complexity index is 1240. The van der Waals surface area contributed by atoms with Crippen LogP contribution in [-0.2, 0) is 31.9 Å². The van der Waals surface area contributed by atoms with Crippen molar-refractivity contribution in [1.29, 1.82) is 5.41 Å². The minimum absolute atomic E-state index is 0.0205. The topological polar surface area (TPSA) is 145 Å². The molecule has 1 aliphatic carbocycles. The molecule has 1 unspecified atom stereocenters. The van der Waals surface area contributed by atoms with E-state index in [9.17, 15) is 18.0 Å². The molecule has 1 aliphatic heterocycles. The molecule has 0 aromatic heterocycles. The third-order valence-electron chi connectivity index (χ3n) is 7.68. The minimum Gasteiger partial charge on any atom is -0.384 e. The molecule has 0 spiro atoms. The van der Waals surface area contributed by atoms with Crippen molar-refractivity contribution in [2.45, 2.75) is 75.7 Å². The van der Waals surface area contributed by atoms with E-state index in [2.05, 4.69) is 10.0 Å². The van der Waals surface area contributed by atoms with Crippen LogP contribution >= 0.6 is 0 Å². The molecule has 1 saturated carbocycles. The lowest BCUT2D eigenvalue weighted by atomic mass is 9.84. The normalized spacial score (nSPS) is 19.0. The van der Waals surface area contributed by atoms with Crippen LogP contribution in [0.3, 0.4) is 0 Å². The predicted octanol–water partition coefficient (Wildman–Crippen LogP) is 3.04. The van der Waals surface area contributed by atoms with Crippen molar-refractivity contribution in [1.82, 2.24) is 14.9 Å². The second-order valence-corrected chi connectivity index (χ2v) is 12.4. The van der Waals surface area contributed by atoms with E-state index in [0.717, 1.165) is 31.2 Å². The summed E-state index contributed by atoms with van der Waals surface area (Å²) in [5.74, 6) is -0.511. The summed E-state index contributed by atoms with van der Waals surface area (Å²) >= 11 is 0. The summed E-state index contributed by atoms with van der Waals surface area (Å²) in [6.45, 7) is 0.705. The molecule has 2 fully saturated rings. The van der Waals surface area contributed by atoms with Gasteiger partial charge in [-0.3, -0.25) is 15.0 Å². The van der Waals surface area contributed by atoms with Crippen molar-refractivity contribution in [3.05, 3.63) is 71.3 Å². The van der Waals surface area contributed by atoms with Crippen LogP contribution in [0.5, 0.6) is 0 Å². The number of likely N-dealkylation sites (tertiary alicyclic amines) is 1. The summed E-state index contributed by atoms with van der Waals surface area (Å²) < 4.78 is 29.0. The molecule has 2 atom stereocenters. The highest BCUT2D eigenvalue weighted by atomic mass is 32.2. The molecule has 5 N–H and O–H groups in total. The van der Waals surface area contributed by atoms with E-state index in [1.165, 1.54) is 6.42 Å². The Morgan fingerprint density at radius 2 is 1.64 bits per heavy atom. The van der Waals surface area contributed by atoms with Crippen molar-refractivity contribution in [3.8, 4) is 0 Å². The number of hydrogen-bond donors (Lipinski definition) is 4. The first-order chi connectivity index (χ1) is 18.7. The van der Waals surface area contributed by atoms with Crippen LogP contribution in [-0.4, -0.2) is 49.6 Å². The number of carbonyl (C=O) groups is 2. The summed E-state index contributed by atoms with van der Waals surface area (Å²) in [6, 6.07) is 14.5. The highest BCUT2D eigenvalue weighted by Crippen LogP contribution is 2.29. The third kappa shape index (κ3) is 8.12. The van der Waals surface area contributed by atoms with Crippen molar-refractivity contribution < 1.29 is 18.0 Å². The SMILES string of the molecule is N=C(N)c1ccc(CNC(=O)[C@H]2CCCN2C(=O)C(CC2CCCCC2)NS(=O)(=O)Cc2ccccc2)cc1. The Labute approximate surface area is 231 Å². The van der Waals surface area contributed by atoms with Gasteiger partial charge in [0.2, 0.25) is 21.8 Å². The molecule has 0 bridgehead atoms. The van der Waals surface area contributed by atoms with E-state index in [4.69, 9.17) is 11.1 Å². The molecule has 39 heavy (non-hydrogen) atoms. The number of amides is 2. The fourth-order valence-corrected chi connectivity index (χ4v) is 6.97. The molecule has 0 radical (unpaired) electrons. The van der Waals surface area contributed by atoms with Gasteiger partial charge < -0.3 is 16.0 Å². The van der Waals surface area contributed by atoms with Crippen LogP contribution in [0, 0.1) is 11.3 Å². The van der Waals surface area contributed by atoms with Crippen molar-refractivity contribution >= 4 is 27.7 Å². The van der Waals surface area contributed by atoms with E-state index in [0.29, 0.717) is 36.9 Å². The van der Waals surface area contributed by atoms with Gasteiger partial charge in [0.05, 0.1) is 5.75 Å². The average molecular weight is 554 g/mol. The Balaban J connectivity index is 1.44. The monoisotopic (exact) mass is 553 g/mol. The molecule has 1 saturated heterocycles. The quantitative estimate of drug-likeness (QED) is 0.250. The molecular weight excluding hydrogens is 514 g/mol. The second kappa shape index (κ2) is 13.2. The maximum absolute atomic E-state index is 13.8. The number of hydrogen-bond acceptors (Lipinski definition) is 5. The summed E-state index contributed by atoms with van der Waals surface area (Å²) in [7, 11) is -3.77. The number of carbonyl (C=O) groups excluding carboxylic acids is 2. The molecule has 10 heteroatoms. The smallest absolute Gasteiger partial charge is 0.243 e. The standard InChI is InChI=1S/C29H39N5O4S/c30-27(31)24-15-13-22(14-16-24)19-32-28(35)26-12-7-17-34(26)29(36)25(18-21-8-3-1-4-9-21)33-39(37,38)20-23-10-5-2-6-11-23/h2,5-6,10-11,13-16,21,25-26,33H,1,3-4,7-9,12,17-20H2,(H3,30,31)(H,32,35)/t25?,26-/m1/s1. The van der Waals surface area contributed by atoms with Crippen molar-refractivity contribution in [2.75, 3.05) is 6.54 Å². The lowest BCUT2D eigenvalue weighted by Crippen LogP contribution is -2.54.